The lowest BCUT2D eigenvalue weighted by atomic mass is 10.2. The lowest BCUT2D eigenvalue weighted by Crippen LogP contribution is -2.20. The van der Waals surface area contributed by atoms with Crippen LogP contribution in [0, 0.1) is 6.92 Å². The Hall–Kier alpha value is -3.02. The van der Waals surface area contributed by atoms with E-state index in [1.54, 1.807) is 18.2 Å². The molecule has 0 bridgehead atoms. The number of nitrogens with one attached hydrogen (secondary N) is 2. The summed E-state index contributed by atoms with van der Waals surface area (Å²) in [6, 6.07) is 9.13. The molecule has 174 valence electrons. The van der Waals surface area contributed by atoms with Crippen molar-refractivity contribution in [1.82, 2.24) is 9.97 Å². The molecular formula is C21H20ClN3O6S2. The van der Waals surface area contributed by atoms with E-state index < -0.39 is 20.3 Å². The molecule has 33 heavy (non-hydrogen) atoms. The van der Waals surface area contributed by atoms with Gasteiger partial charge in [0, 0.05) is 16.8 Å². The van der Waals surface area contributed by atoms with Crippen molar-refractivity contribution in [2.75, 3.05) is 25.3 Å². The van der Waals surface area contributed by atoms with Crippen molar-refractivity contribution in [3.8, 4) is 11.5 Å². The molecule has 0 radical (unpaired) electrons. The second-order valence-corrected chi connectivity index (χ2v) is 9.99. The maximum Gasteiger partial charge on any atom is 0.270 e. The number of hydrogen-bond donors (Lipinski definition) is 2. The third-order valence-electron chi connectivity index (χ3n) is 4.49. The third kappa shape index (κ3) is 5.67. The molecule has 12 heteroatoms. The maximum atomic E-state index is 12.9. The number of ether oxygens (including phenoxy) is 2. The number of aromatic amines is 1. The second-order valence-electron chi connectivity index (χ2n) is 6.70. The van der Waals surface area contributed by atoms with Crippen LogP contribution in [0.15, 0.2) is 62.3 Å². The van der Waals surface area contributed by atoms with Gasteiger partial charge in [-0.2, -0.15) is 0 Å². The number of methoxy groups -OCH3 is 2. The number of benzene rings is 2. The number of nitrogens with zero attached hydrogens (tertiary/aromatic N) is 1. The molecule has 2 N–H and O–H groups in total. The Balaban J connectivity index is 1.73. The van der Waals surface area contributed by atoms with E-state index in [4.69, 9.17) is 21.1 Å². The number of halogens is 1. The number of aromatic nitrogens is 2. The molecule has 0 saturated carbocycles. The van der Waals surface area contributed by atoms with Crippen LogP contribution in [0.5, 0.6) is 11.5 Å². The summed E-state index contributed by atoms with van der Waals surface area (Å²) in [4.78, 5) is 30.4. The van der Waals surface area contributed by atoms with Gasteiger partial charge >= 0.3 is 0 Å². The van der Waals surface area contributed by atoms with Crippen LogP contribution in [0.25, 0.3) is 0 Å². The molecule has 0 spiro atoms. The van der Waals surface area contributed by atoms with Crippen LogP contribution in [0.3, 0.4) is 0 Å². The average Bonchev–Trinajstić information content (AvgIpc) is 2.79. The number of anilines is 1. The van der Waals surface area contributed by atoms with Gasteiger partial charge in [-0.25, -0.2) is 13.4 Å². The fraction of sp³-hybridized carbons (Fsp3) is 0.190. The van der Waals surface area contributed by atoms with Crippen molar-refractivity contribution in [2.45, 2.75) is 21.9 Å². The fourth-order valence-electron chi connectivity index (χ4n) is 2.74. The van der Waals surface area contributed by atoms with E-state index in [9.17, 15) is 18.0 Å². The van der Waals surface area contributed by atoms with Gasteiger partial charge in [0.15, 0.2) is 21.6 Å². The molecule has 0 aliphatic heterocycles. The van der Waals surface area contributed by atoms with Crippen molar-refractivity contribution >= 4 is 44.8 Å². The quantitative estimate of drug-likeness (QED) is 0.349. The highest BCUT2D eigenvalue weighted by molar-refractivity contribution is 7.99. The minimum absolute atomic E-state index is 0.0593. The number of amides is 1. The van der Waals surface area contributed by atoms with Crippen LogP contribution < -0.4 is 20.3 Å². The van der Waals surface area contributed by atoms with Crippen molar-refractivity contribution in [3.05, 3.63) is 63.5 Å². The zero-order chi connectivity index (χ0) is 24.2. The Labute approximate surface area is 199 Å². The van der Waals surface area contributed by atoms with Gasteiger partial charge in [-0.3, -0.25) is 9.59 Å². The Morgan fingerprint density at radius 2 is 1.88 bits per heavy atom. The van der Waals surface area contributed by atoms with Crippen molar-refractivity contribution in [1.29, 1.82) is 0 Å². The highest BCUT2D eigenvalue weighted by Crippen LogP contribution is 2.31. The van der Waals surface area contributed by atoms with Crippen molar-refractivity contribution in [3.63, 3.8) is 0 Å². The summed E-state index contributed by atoms with van der Waals surface area (Å²) in [6.45, 7) is 1.85. The molecular weight excluding hydrogens is 490 g/mol. The molecule has 3 aromatic rings. The summed E-state index contributed by atoms with van der Waals surface area (Å²) in [7, 11) is -1.37. The second kappa shape index (κ2) is 10.3. The van der Waals surface area contributed by atoms with Crippen LogP contribution in [0.4, 0.5) is 5.69 Å². The summed E-state index contributed by atoms with van der Waals surface area (Å²) in [5.41, 5.74) is 0.566. The summed E-state index contributed by atoms with van der Waals surface area (Å²) < 4.78 is 36.1. The Morgan fingerprint density at radius 3 is 2.52 bits per heavy atom. The number of carbonyl (C=O) groups is 1. The number of H-pyrrole nitrogens is 1. The van der Waals surface area contributed by atoms with Gasteiger partial charge in [-0.1, -0.05) is 29.4 Å². The van der Waals surface area contributed by atoms with Crippen LogP contribution in [-0.4, -0.2) is 44.3 Å². The van der Waals surface area contributed by atoms with E-state index in [0.29, 0.717) is 16.5 Å². The van der Waals surface area contributed by atoms with Gasteiger partial charge in [-0.15, -0.1) is 0 Å². The number of rotatable bonds is 8. The molecule has 1 aromatic heterocycles. The van der Waals surface area contributed by atoms with Gasteiger partial charge in [0.2, 0.25) is 15.7 Å². The maximum absolute atomic E-state index is 12.9. The zero-order valence-corrected chi connectivity index (χ0v) is 20.2. The third-order valence-corrected chi connectivity index (χ3v) is 7.53. The number of hydrogen-bond acceptors (Lipinski definition) is 8. The van der Waals surface area contributed by atoms with Gasteiger partial charge < -0.3 is 19.8 Å². The number of thioether (sulfide) groups is 1. The number of aryl methyl sites for hydroxylation is 1. The standard InChI is InChI=1S/C21H20ClN3O6S2/c1-12-4-5-13(8-15(12)22)24-19(26)11-32-21-23-10-18(20(27)25-21)33(28,29)14-6-7-16(30-2)17(9-14)31-3/h4-10H,11H2,1-3H3,(H,24,26)(H,23,25,27). The lowest BCUT2D eigenvalue weighted by Gasteiger charge is -2.10. The number of carbonyl (C=O) groups excluding carboxylic acids is 1. The first-order chi connectivity index (χ1) is 15.6. The normalized spacial score (nSPS) is 11.2. The number of sulfone groups is 1. The molecule has 0 aliphatic carbocycles. The zero-order valence-electron chi connectivity index (χ0n) is 17.8. The largest absolute Gasteiger partial charge is 0.493 e. The van der Waals surface area contributed by atoms with E-state index in [-0.39, 0.29) is 27.5 Å². The van der Waals surface area contributed by atoms with Gasteiger partial charge in [0.25, 0.3) is 5.56 Å². The monoisotopic (exact) mass is 509 g/mol. The molecule has 1 amide bonds. The van der Waals surface area contributed by atoms with E-state index >= 15 is 0 Å². The average molecular weight is 510 g/mol. The fourth-order valence-corrected chi connectivity index (χ4v) is 4.81. The molecule has 0 fully saturated rings. The SMILES string of the molecule is COc1ccc(S(=O)(=O)c2cnc(SCC(=O)Nc3ccc(C)c(Cl)c3)[nH]c2=O)cc1OC. The summed E-state index contributed by atoms with van der Waals surface area (Å²) >= 11 is 7.00. The lowest BCUT2D eigenvalue weighted by molar-refractivity contribution is -0.113. The Bertz CT molecular complexity index is 1360. The molecule has 1 heterocycles. The Kier molecular flexibility index (Phi) is 7.67. The molecule has 9 nitrogen and oxygen atoms in total. The highest BCUT2D eigenvalue weighted by Gasteiger charge is 2.24. The smallest absolute Gasteiger partial charge is 0.270 e. The predicted molar refractivity (Wildman–Crippen MR) is 125 cm³/mol. The molecule has 0 aliphatic rings. The van der Waals surface area contributed by atoms with Gasteiger partial charge in [0.05, 0.1) is 31.1 Å². The highest BCUT2D eigenvalue weighted by atomic mass is 35.5. The topological polar surface area (TPSA) is 127 Å². The molecule has 3 rings (SSSR count). The van der Waals surface area contributed by atoms with E-state index in [1.165, 1.54) is 32.4 Å². The minimum Gasteiger partial charge on any atom is -0.493 e. The van der Waals surface area contributed by atoms with E-state index in [0.717, 1.165) is 23.5 Å². The molecule has 2 aromatic carbocycles. The van der Waals surface area contributed by atoms with Crippen molar-refractivity contribution < 1.29 is 22.7 Å². The first-order valence-corrected chi connectivity index (χ1v) is 12.3. The van der Waals surface area contributed by atoms with Gasteiger partial charge in [0.1, 0.15) is 0 Å². The van der Waals surface area contributed by atoms with Crippen molar-refractivity contribution in [2.24, 2.45) is 0 Å². The summed E-state index contributed by atoms with van der Waals surface area (Å²) in [6.07, 6.45) is 0.963. The van der Waals surface area contributed by atoms with Gasteiger partial charge in [-0.05, 0) is 36.8 Å². The van der Waals surface area contributed by atoms with Crippen LogP contribution in [0.1, 0.15) is 5.56 Å². The minimum atomic E-state index is -4.17. The van der Waals surface area contributed by atoms with E-state index in [2.05, 4.69) is 15.3 Å². The Morgan fingerprint density at radius 1 is 1.15 bits per heavy atom. The molecule has 0 unspecified atom stereocenters. The predicted octanol–water partition coefficient (Wildman–Crippen LogP) is 3.31. The molecule has 0 atom stereocenters. The summed E-state index contributed by atoms with van der Waals surface area (Å²) in [5.74, 6) is 0.151. The first-order valence-electron chi connectivity index (χ1n) is 9.41. The van der Waals surface area contributed by atoms with Crippen LogP contribution in [0.2, 0.25) is 5.02 Å². The summed E-state index contributed by atoms with van der Waals surface area (Å²) in [5, 5.41) is 3.32. The van der Waals surface area contributed by atoms with Crippen LogP contribution in [-0.2, 0) is 14.6 Å². The molecule has 0 saturated heterocycles. The van der Waals surface area contributed by atoms with Crippen LogP contribution >= 0.6 is 23.4 Å². The first kappa shape index (κ1) is 24.6. The van der Waals surface area contributed by atoms with E-state index in [1.807, 2.05) is 6.92 Å².